The van der Waals surface area contributed by atoms with Crippen molar-refractivity contribution in [2.45, 2.75) is 0 Å². The Labute approximate surface area is 130 Å². The van der Waals surface area contributed by atoms with Crippen LogP contribution in [-0.4, -0.2) is 26.1 Å². The highest BCUT2D eigenvalue weighted by molar-refractivity contribution is 6.12. The second-order valence-corrected chi connectivity index (χ2v) is 5.14. The Hall–Kier alpha value is -3.48. The van der Waals surface area contributed by atoms with E-state index in [2.05, 4.69) is 20.2 Å². The van der Waals surface area contributed by atoms with Crippen molar-refractivity contribution in [1.29, 1.82) is 0 Å². The van der Waals surface area contributed by atoms with Gasteiger partial charge in [0.1, 0.15) is 0 Å². The van der Waals surface area contributed by atoms with Gasteiger partial charge in [-0.05, 0) is 17.7 Å². The molecule has 0 fully saturated rings. The van der Waals surface area contributed by atoms with Gasteiger partial charge in [-0.1, -0.05) is 12.1 Å². The van der Waals surface area contributed by atoms with E-state index in [0.29, 0.717) is 22.3 Å². The summed E-state index contributed by atoms with van der Waals surface area (Å²) in [5.74, 6) is -0.601. The van der Waals surface area contributed by atoms with Crippen molar-refractivity contribution in [3.05, 3.63) is 48.4 Å². The number of hydrogen-bond donors (Lipinski definition) is 3. The lowest BCUT2D eigenvalue weighted by Crippen LogP contribution is -2.14. The maximum atomic E-state index is 11.7. The van der Waals surface area contributed by atoms with Gasteiger partial charge in [-0.25, -0.2) is 0 Å². The molecule has 0 aliphatic heterocycles. The number of nitrogens with two attached hydrogens (primary N) is 2. The first-order valence-corrected chi connectivity index (χ1v) is 6.92. The number of nitrogens with zero attached hydrogens (tertiary/aromatic N) is 3. The number of H-pyrrole nitrogens is 1. The number of nitrogens with one attached hydrogen (secondary N) is 1. The third-order valence-corrected chi connectivity index (χ3v) is 3.82. The molecule has 0 bridgehead atoms. The van der Waals surface area contributed by atoms with Gasteiger partial charge in [0.05, 0.1) is 34.0 Å². The molecule has 1 amide bonds. The molecule has 112 valence electrons. The standard InChI is InChI=1S/C16H12N6O/c17-14-9(16(18)23)6-12-15(20-5-4-19-12)13(14)8-2-1-3-11-10(8)7-21-22-11/h1-7H,17H2,(H2,18,23)(H,21,22). The van der Waals surface area contributed by atoms with Gasteiger partial charge in [-0.3, -0.25) is 19.9 Å². The number of hydrogen-bond acceptors (Lipinski definition) is 5. The van der Waals surface area contributed by atoms with E-state index in [0.717, 1.165) is 16.5 Å². The van der Waals surface area contributed by atoms with E-state index in [4.69, 9.17) is 11.5 Å². The van der Waals surface area contributed by atoms with Crippen LogP contribution in [0.25, 0.3) is 33.1 Å². The normalized spacial score (nSPS) is 11.1. The first kappa shape index (κ1) is 13.2. The largest absolute Gasteiger partial charge is 0.398 e. The van der Waals surface area contributed by atoms with Gasteiger partial charge in [0.15, 0.2) is 0 Å². The van der Waals surface area contributed by atoms with Gasteiger partial charge in [0.25, 0.3) is 5.91 Å². The third kappa shape index (κ3) is 1.90. The summed E-state index contributed by atoms with van der Waals surface area (Å²) in [4.78, 5) is 20.4. The minimum atomic E-state index is -0.601. The minimum Gasteiger partial charge on any atom is -0.398 e. The molecular formula is C16H12N6O. The van der Waals surface area contributed by atoms with Crippen LogP contribution in [0.15, 0.2) is 42.9 Å². The number of anilines is 1. The molecule has 23 heavy (non-hydrogen) atoms. The number of nitrogen functional groups attached to an aromatic ring is 1. The van der Waals surface area contributed by atoms with E-state index < -0.39 is 5.91 Å². The van der Waals surface area contributed by atoms with Crippen molar-refractivity contribution < 1.29 is 4.79 Å². The SMILES string of the molecule is NC(=O)c1cc2nccnc2c(-c2cccc3[nH]ncc23)c1N. The number of fused-ring (bicyclic) bond motifs is 2. The lowest BCUT2D eigenvalue weighted by molar-refractivity contribution is 0.100. The van der Waals surface area contributed by atoms with Gasteiger partial charge in [-0.15, -0.1) is 0 Å². The van der Waals surface area contributed by atoms with Gasteiger partial charge < -0.3 is 11.5 Å². The molecule has 0 radical (unpaired) electrons. The second kappa shape index (κ2) is 4.77. The average Bonchev–Trinajstić information content (AvgIpc) is 3.03. The number of primary amides is 1. The van der Waals surface area contributed by atoms with Gasteiger partial charge in [0, 0.05) is 23.3 Å². The predicted octanol–water partition coefficient (Wildman–Crippen LogP) is 1.85. The number of aromatic amines is 1. The fraction of sp³-hybridized carbons (Fsp3) is 0. The lowest BCUT2D eigenvalue weighted by Gasteiger charge is -2.13. The molecule has 2 aromatic carbocycles. The summed E-state index contributed by atoms with van der Waals surface area (Å²) in [6.07, 6.45) is 4.86. The molecule has 0 atom stereocenters. The van der Waals surface area contributed by atoms with Crippen LogP contribution >= 0.6 is 0 Å². The average molecular weight is 304 g/mol. The molecular weight excluding hydrogens is 292 g/mol. The summed E-state index contributed by atoms with van der Waals surface area (Å²) in [5.41, 5.74) is 15.7. The number of carbonyl (C=O) groups is 1. The molecule has 5 N–H and O–H groups in total. The Balaban J connectivity index is 2.20. The highest BCUT2D eigenvalue weighted by atomic mass is 16.1. The Bertz CT molecular complexity index is 1070. The van der Waals surface area contributed by atoms with Gasteiger partial charge in [-0.2, -0.15) is 5.10 Å². The molecule has 0 aliphatic carbocycles. The number of carbonyl (C=O) groups excluding carboxylic acids is 1. The van der Waals surface area contributed by atoms with E-state index >= 15 is 0 Å². The quantitative estimate of drug-likeness (QED) is 0.488. The Kier molecular flexibility index (Phi) is 2.74. The maximum Gasteiger partial charge on any atom is 0.250 e. The predicted molar refractivity (Wildman–Crippen MR) is 87.6 cm³/mol. The summed E-state index contributed by atoms with van der Waals surface area (Å²) in [5, 5.41) is 7.86. The zero-order valence-corrected chi connectivity index (χ0v) is 11.9. The van der Waals surface area contributed by atoms with E-state index in [9.17, 15) is 4.79 Å². The van der Waals surface area contributed by atoms with Crippen LogP contribution in [0.1, 0.15) is 10.4 Å². The van der Waals surface area contributed by atoms with Crippen molar-refractivity contribution in [2.75, 3.05) is 5.73 Å². The molecule has 7 heteroatoms. The highest BCUT2D eigenvalue weighted by Crippen LogP contribution is 2.37. The molecule has 0 saturated carbocycles. The van der Waals surface area contributed by atoms with Crippen LogP contribution in [0, 0.1) is 0 Å². The molecule has 0 aliphatic rings. The molecule has 7 nitrogen and oxygen atoms in total. The molecule has 0 spiro atoms. The molecule has 4 aromatic rings. The Morgan fingerprint density at radius 3 is 2.83 bits per heavy atom. The van der Waals surface area contributed by atoms with E-state index in [1.807, 2.05) is 18.2 Å². The minimum absolute atomic E-state index is 0.230. The van der Waals surface area contributed by atoms with Crippen LogP contribution < -0.4 is 11.5 Å². The number of benzene rings is 2. The van der Waals surface area contributed by atoms with Crippen LogP contribution in [0.2, 0.25) is 0 Å². The van der Waals surface area contributed by atoms with Crippen molar-refractivity contribution in [2.24, 2.45) is 5.73 Å². The monoisotopic (exact) mass is 304 g/mol. The van der Waals surface area contributed by atoms with Crippen LogP contribution in [0.3, 0.4) is 0 Å². The zero-order chi connectivity index (χ0) is 16.0. The smallest absolute Gasteiger partial charge is 0.250 e. The highest BCUT2D eigenvalue weighted by Gasteiger charge is 2.19. The molecule has 0 unspecified atom stereocenters. The molecule has 4 rings (SSSR count). The number of amides is 1. The van der Waals surface area contributed by atoms with Crippen LogP contribution in [0.4, 0.5) is 5.69 Å². The van der Waals surface area contributed by atoms with Crippen molar-refractivity contribution in [1.82, 2.24) is 20.2 Å². The molecule has 2 aromatic heterocycles. The third-order valence-electron chi connectivity index (χ3n) is 3.82. The maximum absolute atomic E-state index is 11.7. The van der Waals surface area contributed by atoms with E-state index in [-0.39, 0.29) is 5.56 Å². The first-order chi connectivity index (χ1) is 11.2. The second-order valence-electron chi connectivity index (χ2n) is 5.14. The van der Waals surface area contributed by atoms with Gasteiger partial charge >= 0.3 is 0 Å². The summed E-state index contributed by atoms with van der Waals surface area (Å²) in [6.45, 7) is 0. The topological polar surface area (TPSA) is 124 Å². The summed E-state index contributed by atoms with van der Waals surface area (Å²) < 4.78 is 0. The van der Waals surface area contributed by atoms with Crippen LogP contribution in [-0.2, 0) is 0 Å². The van der Waals surface area contributed by atoms with E-state index in [1.165, 1.54) is 0 Å². The fourth-order valence-electron chi connectivity index (χ4n) is 2.79. The number of rotatable bonds is 2. The van der Waals surface area contributed by atoms with Crippen molar-refractivity contribution in [3.8, 4) is 11.1 Å². The first-order valence-electron chi connectivity index (χ1n) is 6.92. The fourth-order valence-corrected chi connectivity index (χ4v) is 2.79. The summed E-state index contributed by atoms with van der Waals surface area (Å²) >= 11 is 0. The summed E-state index contributed by atoms with van der Waals surface area (Å²) in [7, 11) is 0. The Morgan fingerprint density at radius 1 is 1.17 bits per heavy atom. The lowest BCUT2D eigenvalue weighted by atomic mass is 9.95. The van der Waals surface area contributed by atoms with Crippen molar-refractivity contribution in [3.63, 3.8) is 0 Å². The van der Waals surface area contributed by atoms with Crippen LogP contribution in [0.5, 0.6) is 0 Å². The number of aromatic nitrogens is 4. The summed E-state index contributed by atoms with van der Waals surface area (Å²) in [6, 6.07) is 7.27. The van der Waals surface area contributed by atoms with Crippen molar-refractivity contribution >= 4 is 33.5 Å². The Morgan fingerprint density at radius 2 is 2.00 bits per heavy atom. The van der Waals surface area contributed by atoms with Gasteiger partial charge in [0.2, 0.25) is 0 Å². The molecule has 0 saturated heterocycles. The van der Waals surface area contributed by atoms with E-state index in [1.54, 1.807) is 24.7 Å². The molecule has 2 heterocycles. The zero-order valence-electron chi connectivity index (χ0n) is 11.9.